The van der Waals surface area contributed by atoms with Gasteiger partial charge in [-0.15, -0.1) is 0 Å². The molecule has 0 atom stereocenters. The van der Waals surface area contributed by atoms with Crippen molar-refractivity contribution in [1.29, 1.82) is 0 Å². The first-order valence-electron chi connectivity index (χ1n) is 4.76. The van der Waals surface area contributed by atoms with E-state index in [1.807, 2.05) is 6.92 Å². The molecule has 0 aliphatic heterocycles. The molecule has 5 heteroatoms. The van der Waals surface area contributed by atoms with Gasteiger partial charge in [0.1, 0.15) is 0 Å². The Kier molecular flexibility index (Phi) is 5.37. The normalized spacial score (nSPS) is 13.3. The van der Waals surface area contributed by atoms with Crippen LogP contribution in [0.1, 0.15) is 45.4 Å². The second-order valence-corrected chi connectivity index (χ2v) is 3.37. The van der Waals surface area contributed by atoms with E-state index < -0.39 is 18.5 Å². The van der Waals surface area contributed by atoms with Crippen LogP contribution in [0, 0.1) is 0 Å². The van der Waals surface area contributed by atoms with E-state index in [4.69, 9.17) is 0 Å². The molecule has 0 amide bonds. The molecule has 0 saturated carbocycles. The maximum absolute atomic E-state index is 12.3. The van der Waals surface area contributed by atoms with E-state index in [-0.39, 0.29) is 6.42 Å². The summed E-state index contributed by atoms with van der Waals surface area (Å²) < 4.78 is 59.6. The van der Waals surface area contributed by atoms with Crippen molar-refractivity contribution < 1.29 is 22.0 Å². The summed E-state index contributed by atoms with van der Waals surface area (Å²) in [6, 6.07) is 0. The lowest BCUT2D eigenvalue weighted by Crippen LogP contribution is -2.36. The minimum Gasteiger partial charge on any atom is -0.196 e. The molecular weight excluding hydrogens is 203 g/mol. The molecule has 0 nitrogen and oxygen atoms in total. The zero-order valence-electron chi connectivity index (χ0n) is 8.13. The average molecular weight is 218 g/mol. The van der Waals surface area contributed by atoms with Crippen molar-refractivity contribution in [2.75, 3.05) is 0 Å². The lowest BCUT2D eigenvalue weighted by molar-refractivity contribution is -0.284. The fourth-order valence-electron chi connectivity index (χ4n) is 1.09. The molecular formula is C9H15F5. The summed E-state index contributed by atoms with van der Waals surface area (Å²) >= 11 is 0. The van der Waals surface area contributed by atoms with Gasteiger partial charge in [0, 0.05) is 6.42 Å². The van der Waals surface area contributed by atoms with Gasteiger partial charge in [0.2, 0.25) is 0 Å². The molecule has 0 bridgehead atoms. The van der Waals surface area contributed by atoms with Crippen LogP contribution in [0.15, 0.2) is 0 Å². The van der Waals surface area contributed by atoms with Gasteiger partial charge in [-0.2, -0.15) is 22.0 Å². The summed E-state index contributed by atoms with van der Waals surface area (Å²) in [5.74, 6) is -4.51. The molecule has 0 unspecified atom stereocenters. The predicted octanol–water partition coefficient (Wildman–Crippen LogP) is 4.54. The first kappa shape index (κ1) is 13.7. The number of rotatable bonds is 6. The zero-order chi connectivity index (χ0) is 11.2. The van der Waals surface area contributed by atoms with Crippen LogP contribution in [-0.4, -0.2) is 12.1 Å². The van der Waals surface area contributed by atoms with Crippen molar-refractivity contribution in [3.8, 4) is 0 Å². The maximum atomic E-state index is 12.3. The Morgan fingerprint density at radius 1 is 0.786 bits per heavy atom. The lowest BCUT2D eigenvalue weighted by atomic mass is 10.1. The summed E-state index contributed by atoms with van der Waals surface area (Å²) in [5.41, 5.74) is 0. The molecule has 0 rings (SSSR count). The van der Waals surface area contributed by atoms with E-state index in [0.29, 0.717) is 6.42 Å². The third kappa shape index (κ3) is 4.77. The minimum absolute atomic E-state index is 0.0630. The van der Waals surface area contributed by atoms with Crippen molar-refractivity contribution >= 4 is 0 Å². The van der Waals surface area contributed by atoms with Crippen molar-refractivity contribution in [1.82, 2.24) is 0 Å². The highest BCUT2D eigenvalue weighted by molar-refractivity contribution is 4.75. The number of hydrogen-bond acceptors (Lipinski definition) is 0. The van der Waals surface area contributed by atoms with E-state index >= 15 is 0 Å². The third-order valence-corrected chi connectivity index (χ3v) is 2.01. The molecule has 0 radical (unpaired) electrons. The summed E-state index contributed by atoms with van der Waals surface area (Å²) in [4.78, 5) is 0. The molecule has 86 valence electrons. The highest BCUT2D eigenvalue weighted by Gasteiger charge is 2.56. The van der Waals surface area contributed by atoms with Crippen LogP contribution in [0.4, 0.5) is 22.0 Å². The summed E-state index contributed by atoms with van der Waals surface area (Å²) in [5, 5.41) is 0. The second-order valence-electron chi connectivity index (χ2n) is 3.37. The topological polar surface area (TPSA) is 0 Å². The van der Waals surface area contributed by atoms with Crippen molar-refractivity contribution in [3.05, 3.63) is 0 Å². The van der Waals surface area contributed by atoms with E-state index in [0.717, 1.165) is 19.3 Å². The Bertz CT molecular complexity index is 150. The molecule has 0 saturated heterocycles. The van der Waals surface area contributed by atoms with E-state index in [1.54, 1.807) is 0 Å². The van der Waals surface area contributed by atoms with Crippen LogP contribution in [0.3, 0.4) is 0 Å². The van der Waals surface area contributed by atoms with Crippen LogP contribution in [-0.2, 0) is 0 Å². The Hall–Kier alpha value is -0.350. The van der Waals surface area contributed by atoms with Crippen LogP contribution in [0.5, 0.6) is 0 Å². The molecule has 0 aromatic heterocycles. The zero-order valence-corrected chi connectivity index (χ0v) is 8.13. The highest BCUT2D eigenvalue weighted by Crippen LogP contribution is 2.39. The molecule has 0 N–H and O–H groups in total. The van der Waals surface area contributed by atoms with E-state index in [9.17, 15) is 22.0 Å². The van der Waals surface area contributed by atoms with Gasteiger partial charge in [-0.3, -0.25) is 0 Å². The van der Waals surface area contributed by atoms with Gasteiger partial charge in [0.05, 0.1) is 0 Å². The molecule has 0 aliphatic rings. The first-order valence-corrected chi connectivity index (χ1v) is 4.76. The monoisotopic (exact) mass is 218 g/mol. The standard InChI is InChI=1S/C9H15F5/c1-2-3-4-5-6-7-8(10,11)9(12,13)14/h2-7H2,1H3. The third-order valence-electron chi connectivity index (χ3n) is 2.01. The Balaban J connectivity index is 3.67. The first-order chi connectivity index (χ1) is 6.31. The molecule has 0 aromatic carbocycles. The number of halogens is 5. The van der Waals surface area contributed by atoms with Gasteiger partial charge in [0.25, 0.3) is 0 Å². The Labute approximate surface area is 80.5 Å². The smallest absolute Gasteiger partial charge is 0.196 e. The highest BCUT2D eigenvalue weighted by atomic mass is 19.4. The molecule has 0 fully saturated rings. The fraction of sp³-hybridized carbons (Fsp3) is 1.00. The van der Waals surface area contributed by atoms with Gasteiger partial charge >= 0.3 is 12.1 Å². The molecule has 0 spiro atoms. The number of alkyl halides is 5. The summed E-state index contributed by atoms with van der Waals surface area (Å²) in [6.45, 7) is 1.95. The Morgan fingerprint density at radius 3 is 1.71 bits per heavy atom. The second kappa shape index (κ2) is 5.51. The lowest BCUT2D eigenvalue weighted by Gasteiger charge is -2.19. The largest absolute Gasteiger partial charge is 0.453 e. The molecule has 0 heterocycles. The van der Waals surface area contributed by atoms with Crippen LogP contribution in [0.2, 0.25) is 0 Å². The van der Waals surface area contributed by atoms with Gasteiger partial charge in [0.15, 0.2) is 0 Å². The van der Waals surface area contributed by atoms with Crippen LogP contribution >= 0.6 is 0 Å². The summed E-state index contributed by atoms with van der Waals surface area (Å²) in [7, 11) is 0. The van der Waals surface area contributed by atoms with Crippen LogP contribution < -0.4 is 0 Å². The van der Waals surface area contributed by atoms with Gasteiger partial charge in [-0.1, -0.05) is 32.6 Å². The van der Waals surface area contributed by atoms with Crippen molar-refractivity contribution in [2.24, 2.45) is 0 Å². The molecule has 14 heavy (non-hydrogen) atoms. The minimum atomic E-state index is -5.39. The SMILES string of the molecule is CCCCCCCC(F)(F)C(F)(F)F. The fourth-order valence-corrected chi connectivity index (χ4v) is 1.09. The molecule has 0 aliphatic carbocycles. The quantitative estimate of drug-likeness (QED) is 0.453. The van der Waals surface area contributed by atoms with Crippen LogP contribution in [0.25, 0.3) is 0 Å². The van der Waals surface area contributed by atoms with Gasteiger partial charge in [-0.05, 0) is 6.42 Å². The summed E-state index contributed by atoms with van der Waals surface area (Å²) in [6.07, 6.45) is -3.54. The van der Waals surface area contributed by atoms with Gasteiger partial charge < -0.3 is 0 Å². The predicted molar refractivity (Wildman–Crippen MR) is 44.4 cm³/mol. The van der Waals surface area contributed by atoms with E-state index in [1.165, 1.54) is 0 Å². The maximum Gasteiger partial charge on any atom is 0.453 e. The van der Waals surface area contributed by atoms with Crippen molar-refractivity contribution in [3.63, 3.8) is 0 Å². The average Bonchev–Trinajstić information content (AvgIpc) is 2.02. The van der Waals surface area contributed by atoms with Gasteiger partial charge in [-0.25, -0.2) is 0 Å². The number of unbranched alkanes of at least 4 members (excludes halogenated alkanes) is 4. The van der Waals surface area contributed by atoms with E-state index in [2.05, 4.69) is 0 Å². The number of hydrogen-bond donors (Lipinski definition) is 0. The van der Waals surface area contributed by atoms with Crippen molar-refractivity contribution in [2.45, 2.75) is 57.5 Å². The molecule has 0 aromatic rings. The Morgan fingerprint density at radius 2 is 1.29 bits per heavy atom.